The highest BCUT2D eigenvalue weighted by atomic mass is 32.1. The number of benzene rings is 1. The zero-order valence-electron chi connectivity index (χ0n) is 15.1. The molecule has 0 radical (unpaired) electrons. The standard InChI is InChI=1S/C20H26N4OS/c21-20-23(13-12-22-10-4-1-5-11-22)16-7-2-3-8-17(16)24(20)15-18(25)19-9-6-14-26-19/h2-3,6-9,14,18,21,25H,1,4-5,10-13,15H2/p+2/t18-/m0/s1. The molecule has 5 nitrogen and oxygen atoms in total. The summed E-state index contributed by atoms with van der Waals surface area (Å²) in [6, 6.07) is 12.3. The summed E-state index contributed by atoms with van der Waals surface area (Å²) < 4.78 is 4.28. The van der Waals surface area contributed by atoms with Crippen LogP contribution in [0.1, 0.15) is 30.2 Å². The Morgan fingerprint density at radius 1 is 1.15 bits per heavy atom. The normalized spacial score (nSPS) is 17.0. The minimum Gasteiger partial charge on any atom is -0.384 e. The summed E-state index contributed by atoms with van der Waals surface area (Å²) in [5, 5.41) is 12.6. The number of hydrogen-bond donors (Lipinski definition) is 3. The number of aliphatic hydroxyl groups is 1. The topological polar surface area (TPSA) is 59.5 Å². The predicted molar refractivity (Wildman–Crippen MR) is 105 cm³/mol. The van der Waals surface area contributed by atoms with Crippen LogP contribution in [0, 0.1) is 0 Å². The van der Waals surface area contributed by atoms with Crippen LogP contribution in [-0.4, -0.2) is 29.3 Å². The molecule has 3 aromatic rings. The van der Waals surface area contributed by atoms with E-state index in [1.165, 1.54) is 32.4 Å². The number of nitrogens with one attached hydrogen (secondary N) is 1. The van der Waals surface area contributed by atoms with Crippen LogP contribution in [0.5, 0.6) is 0 Å². The number of quaternary nitrogens is 1. The molecule has 0 amide bonds. The largest absolute Gasteiger partial charge is 0.384 e. The van der Waals surface area contributed by atoms with Gasteiger partial charge in [-0.15, -0.1) is 11.3 Å². The van der Waals surface area contributed by atoms with Crippen molar-refractivity contribution in [3.8, 4) is 0 Å². The van der Waals surface area contributed by atoms with Crippen LogP contribution >= 0.6 is 11.3 Å². The average molecular weight is 373 g/mol. The number of likely N-dealkylation sites (tertiary alicyclic amines) is 1. The van der Waals surface area contributed by atoms with E-state index < -0.39 is 6.10 Å². The number of anilines is 1. The zero-order valence-corrected chi connectivity index (χ0v) is 15.9. The first-order valence-electron chi connectivity index (χ1n) is 9.55. The molecule has 0 unspecified atom stereocenters. The second-order valence-electron chi connectivity index (χ2n) is 7.20. The number of hydrogen-bond acceptors (Lipinski definition) is 3. The molecule has 3 heterocycles. The first-order valence-corrected chi connectivity index (χ1v) is 10.4. The third kappa shape index (κ3) is 3.49. The minimum absolute atomic E-state index is 0.483. The molecular weight excluding hydrogens is 344 g/mol. The van der Waals surface area contributed by atoms with Crippen molar-refractivity contribution in [2.75, 3.05) is 25.4 Å². The van der Waals surface area contributed by atoms with Gasteiger partial charge in [-0.2, -0.15) is 0 Å². The fourth-order valence-corrected chi connectivity index (χ4v) is 4.76. The van der Waals surface area contributed by atoms with Crippen LogP contribution in [0.4, 0.5) is 5.95 Å². The number of rotatable bonds is 6. The van der Waals surface area contributed by atoms with Gasteiger partial charge < -0.3 is 10.0 Å². The van der Waals surface area contributed by atoms with Crippen LogP contribution < -0.4 is 15.2 Å². The lowest BCUT2D eigenvalue weighted by Gasteiger charge is -2.22. The highest BCUT2D eigenvalue weighted by Crippen LogP contribution is 2.22. The Hall–Kier alpha value is -1.89. The second kappa shape index (κ2) is 7.78. The highest BCUT2D eigenvalue weighted by molar-refractivity contribution is 7.10. The van der Waals surface area contributed by atoms with E-state index >= 15 is 0 Å². The van der Waals surface area contributed by atoms with Crippen LogP contribution in [0.25, 0.3) is 11.0 Å². The Balaban J connectivity index is 1.60. The van der Waals surface area contributed by atoms with Gasteiger partial charge in [0.05, 0.1) is 13.1 Å². The molecule has 26 heavy (non-hydrogen) atoms. The van der Waals surface area contributed by atoms with Crippen molar-refractivity contribution in [2.24, 2.45) is 0 Å². The van der Waals surface area contributed by atoms with Crippen molar-refractivity contribution in [1.29, 1.82) is 0 Å². The Labute approximate surface area is 158 Å². The summed E-state index contributed by atoms with van der Waals surface area (Å²) in [6.07, 6.45) is 3.52. The number of aliphatic hydroxyl groups excluding tert-OH is 1. The van der Waals surface area contributed by atoms with Gasteiger partial charge in [-0.3, -0.25) is 5.73 Å². The van der Waals surface area contributed by atoms with E-state index in [-0.39, 0.29) is 0 Å². The minimum atomic E-state index is -0.533. The van der Waals surface area contributed by atoms with Crippen molar-refractivity contribution in [3.63, 3.8) is 0 Å². The van der Waals surface area contributed by atoms with Gasteiger partial charge in [0.2, 0.25) is 0 Å². The van der Waals surface area contributed by atoms with Gasteiger partial charge in [0.25, 0.3) is 0 Å². The SMILES string of the molecule is Nc1n(CC[NH+]2CCCCC2)c2ccccc2[n+]1C[C@H](O)c1cccs1. The summed E-state index contributed by atoms with van der Waals surface area (Å²) >= 11 is 1.58. The zero-order chi connectivity index (χ0) is 17.9. The van der Waals surface area contributed by atoms with Crippen LogP contribution in [-0.2, 0) is 13.1 Å². The van der Waals surface area contributed by atoms with E-state index in [0.29, 0.717) is 6.54 Å². The van der Waals surface area contributed by atoms with Crippen molar-refractivity contribution in [1.82, 2.24) is 4.57 Å². The molecule has 4 rings (SSSR count). The van der Waals surface area contributed by atoms with Gasteiger partial charge >= 0.3 is 5.95 Å². The number of para-hydroxylation sites is 2. The number of fused-ring (bicyclic) bond motifs is 1. The first kappa shape index (κ1) is 17.5. The molecule has 138 valence electrons. The molecule has 2 aromatic heterocycles. The predicted octanol–water partition coefficient (Wildman–Crippen LogP) is 1.37. The summed E-state index contributed by atoms with van der Waals surface area (Å²) in [6.45, 7) is 5.06. The van der Waals surface area contributed by atoms with Gasteiger partial charge in [0.1, 0.15) is 36.8 Å². The number of piperidine rings is 1. The Morgan fingerprint density at radius 2 is 1.96 bits per heavy atom. The molecule has 0 spiro atoms. The quantitative estimate of drug-likeness (QED) is 0.573. The summed E-state index contributed by atoms with van der Waals surface area (Å²) in [4.78, 5) is 2.66. The Kier molecular flexibility index (Phi) is 5.24. The number of nitrogens with two attached hydrogens (primary N) is 1. The third-order valence-corrected chi connectivity index (χ3v) is 6.47. The summed E-state index contributed by atoms with van der Waals surface area (Å²) in [5.74, 6) is 0.734. The maximum Gasteiger partial charge on any atom is 0.356 e. The Bertz CT molecular complexity index is 852. The van der Waals surface area contributed by atoms with E-state index in [2.05, 4.69) is 27.3 Å². The molecule has 1 aromatic carbocycles. The molecule has 1 saturated heterocycles. The molecule has 0 saturated carbocycles. The number of aromatic nitrogens is 2. The van der Waals surface area contributed by atoms with E-state index in [0.717, 1.165) is 34.9 Å². The smallest absolute Gasteiger partial charge is 0.356 e. The second-order valence-corrected chi connectivity index (χ2v) is 8.18. The average Bonchev–Trinajstić information content (AvgIpc) is 3.29. The summed E-state index contributed by atoms with van der Waals surface area (Å²) in [7, 11) is 0. The molecule has 6 heteroatoms. The van der Waals surface area contributed by atoms with E-state index in [4.69, 9.17) is 5.73 Å². The van der Waals surface area contributed by atoms with Crippen molar-refractivity contribution in [3.05, 3.63) is 46.7 Å². The number of nitrogen functional groups attached to an aromatic ring is 1. The van der Waals surface area contributed by atoms with Gasteiger partial charge in [-0.1, -0.05) is 18.2 Å². The fourth-order valence-electron chi connectivity index (χ4n) is 4.06. The number of thiophene rings is 1. The number of nitrogens with zero attached hydrogens (tertiary/aromatic N) is 2. The van der Waals surface area contributed by atoms with Gasteiger partial charge in [-0.25, -0.2) is 9.13 Å². The molecule has 0 aliphatic carbocycles. The lowest BCUT2D eigenvalue weighted by molar-refractivity contribution is -0.905. The lowest BCUT2D eigenvalue weighted by atomic mass is 10.1. The lowest BCUT2D eigenvalue weighted by Crippen LogP contribution is -3.13. The van der Waals surface area contributed by atoms with Crippen LogP contribution in [0.15, 0.2) is 41.8 Å². The van der Waals surface area contributed by atoms with Gasteiger partial charge in [0, 0.05) is 4.88 Å². The van der Waals surface area contributed by atoms with Crippen molar-refractivity contribution < 1.29 is 14.6 Å². The first-order chi connectivity index (χ1) is 12.7. The highest BCUT2D eigenvalue weighted by Gasteiger charge is 2.25. The maximum absolute atomic E-state index is 10.6. The van der Waals surface area contributed by atoms with Crippen molar-refractivity contribution >= 4 is 28.3 Å². The van der Waals surface area contributed by atoms with E-state index in [1.807, 2.05) is 23.6 Å². The third-order valence-electron chi connectivity index (χ3n) is 5.49. The molecule has 1 atom stereocenters. The fraction of sp³-hybridized carbons (Fsp3) is 0.450. The van der Waals surface area contributed by atoms with Crippen LogP contribution in [0.2, 0.25) is 0 Å². The molecule has 0 bridgehead atoms. The monoisotopic (exact) mass is 372 g/mol. The molecule has 4 N–H and O–H groups in total. The van der Waals surface area contributed by atoms with Gasteiger partial charge in [0.15, 0.2) is 0 Å². The Morgan fingerprint density at radius 3 is 2.73 bits per heavy atom. The molecular formula is C20H28N4OS+2. The molecule has 1 fully saturated rings. The van der Waals surface area contributed by atoms with Crippen molar-refractivity contribution in [2.45, 2.75) is 38.5 Å². The van der Waals surface area contributed by atoms with Gasteiger partial charge in [-0.05, 0) is 42.8 Å². The van der Waals surface area contributed by atoms with E-state index in [9.17, 15) is 5.11 Å². The van der Waals surface area contributed by atoms with E-state index in [1.54, 1.807) is 16.2 Å². The summed E-state index contributed by atoms with van der Waals surface area (Å²) in [5.41, 5.74) is 8.79. The maximum atomic E-state index is 10.6. The number of imidazole rings is 1. The molecule has 1 aliphatic rings. The molecule has 1 aliphatic heterocycles. The van der Waals surface area contributed by atoms with Crippen LogP contribution in [0.3, 0.4) is 0 Å².